The summed E-state index contributed by atoms with van der Waals surface area (Å²) in [5.41, 5.74) is 0.000553. The molecule has 0 spiro atoms. The quantitative estimate of drug-likeness (QED) is 0.283. The van der Waals surface area contributed by atoms with E-state index in [1.165, 1.54) is 57.7 Å². The van der Waals surface area contributed by atoms with Crippen LogP contribution in [0.3, 0.4) is 0 Å². The van der Waals surface area contributed by atoms with E-state index in [9.17, 15) is 30.0 Å². The van der Waals surface area contributed by atoms with Gasteiger partial charge in [-0.05, 0) is 24.3 Å². The van der Waals surface area contributed by atoms with E-state index in [-0.39, 0.29) is 34.1 Å². The van der Waals surface area contributed by atoms with E-state index in [1.807, 2.05) is 0 Å². The third-order valence-corrected chi connectivity index (χ3v) is 5.33. The molecule has 5 atom stereocenters. The minimum atomic E-state index is -1.63. The fourth-order valence-electron chi connectivity index (χ4n) is 3.48. The number of carbonyl (C=O) groups excluding carboxylic acids is 2. The Morgan fingerprint density at radius 1 is 0.853 bits per heavy atom. The zero-order chi connectivity index (χ0) is 25.0. The predicted molar refractivity (Wildman–Crippen MR) is 116 cm³/mol. The van der Waals surface area contributed by atoms with Crippen molar-refractivity contribution in [1.82, 2.24) is 0 Å². The molecule has 2 aromatic carbocycles. The first kappa shape index (κ1) is 25.4. The van der Waals surface area contributed by atoms with E-state index >= 15 is 0 Å². The van der Waals surface area contributed by atoms with Gasteiger partial charge in [0.2, 0.25) is 23.6 Å². The van der Waals surface area contributed by atoms with Crippen molar-refractivity contribution >= 4 is 11.6 Å². The van der Waals surface area contributed by atoms with E-state index in [0.29, 0.717) is 0 Å². The Morgan fingerprint density at radius 3 is 2.03 bits per heavy atom. The number of benzene rings is 2. The maximum Gasteiger partial charge on any atom is 0.233 e. The molecule has 1 heterocycles. The lowest BCUT2D eigenvalue weighted by atomic mass is 9.99. The summed E-state index contributed by atoms with van der Waals surface area (Å²) < 4.78 is 26.5. The second-order valence-electron chi connectivity index (χ2n) is 7.42. The van der Waals surface area contributed by atoms with Crippen LogP contribution in [0, 0.1) is 0 Å². The maximum absolute atomic E-state index is 12.9. The molecule has 184 valence electrons. The first-order chi connectivity index (χ1) is 16.2. The molecular formula is C23H26O11. The summed E-state index contributed by atoms with van der Waals surface area (Å²) in [6.45, 7) is -0.618. The van der Waals surface area contributed by atoms with Crippen LogP contribution in [0.1, 0.15) is 20.7 Å². The molecule has 0 unspecified atom stereocenters. The van der Waals surface area contributed by atoms with Gasteiger partial charge in [-0.1, -0.05) is 12.1 Å². The largest absolute Gasteiger partial charge is 0.493 e. The molecule has 0 radical (unpaired) electrons. The molecule has 0 saturated carbocycles. The minimum Gasteiger partial charge on any atom is -0.493 e. The minimum absolute atomic E-state index is 0.0131. The molecule has 1 aliphatic heterocycles. The Balaban J connectivity index is 1.83. The van der Waals surface area contributed by atoms with Gasteiger partial charge >= 0.3 is 0 Å². The molecule has 1 fully saturated rings. The first-order valence-corrected chi connectivity index (χ1v) is 10.2. The van der Waals surface area contributed by atoms with E-state index in [0.717, 1.165) is 0 Å². The number of aliphatic hydroxyl groups is 4. The highest BCUT2D eigenvalue weighted by molar-refractivity contribution is 6.49. The molecule has 3 rings (SSSR count). The van der Waals surface area contributed by atoms with Gasteiger partial charge in [0, 0.05) is 11.1 Å². The second-order valence-corrected chi connectivity index (χ2v) is 7.42. The first-order valence-electron chi connectivity index (χ1n) is 10.2. The van der Waals surface area contributed by atoms with Gasteiger partial charge in [0.25, 0.3) is 0 Å². The Labute approximate surface area is 195 Å². The molecular weight excluding hydrogens is 452 g/mol. The second kappa shape index (κ2) is 10.8. The van der Waals surface area contributed by atoms with Gasteiger partial charge in [-0.25, -0.2) is 0 Å². The number of rotatable bonds is 9. The summed E-state index contributed by atoms with van der Waals surface area (Å²) in [4.78, 5) is 25.8. The van der Waals surface area contributed by atoms with Gasteiger partial charge in [0.1, 0.15) is 30.2 Å². The number of ether oxygens (including phenoxy) is 5. The lowest BCUT2D eigenvalue weighted by Gasteiger charge is -2.39. The van der Waals surface area contributed by atoms with Gasteiger partial charge in [-0.3, -0.25) is 9.59 Å². The molecule has 0 aromatic heterocycles. The van der Waals surface area contributed by atoms with Crippen molar-refractivity contribution < 1.29 is 53.7 Å². The van der Waals surface area contributed by atoms with Gasteiger partial charge in [0.15, 0.2) is 11.5 Å². The van der Waals surface area contributed by atoms with Gasteiger partial charge < -0.3 is 44.1 Å². The summed E-state index contributed by atoms with van der Waals surface area (Å²) in [7, 11) is 4.17. The molecule has 11 heteroatoms. The lowest BCUT2D eigenvalue weighted by molar-refractivity contribution is -0.277. The number of hydrogen-bond donors (Lipinski definition) is 4. The standard InChI is InChI=1S/C23H26O11/c1-30-14-8-12(9-15(31-2)22(14)32-3)18(26)17(25)11-5-4-6-13(7-11)33-23-21(29)20(28)19(27)16(10-24)34-23/h4-9,16,19-21,23-24,27-29H,10H2,1-3H3/t16-,19-,20+,21-,23-/m1/s1. The highest BCUT2D eigenvalue weighted by Crippen LogP contribution is 2.38. The maximum atomic E-state index is 12.9. The monoisotopic (exact) mass is 478 g/mol. The average Bonchev–Trinajstić information content (AvgIpc) is 2.87. The van der Waals surface area contributed by atoms with Crippen LogP contribution < -0.4 is 18.9 Å². The SMILES string of the molecule is COc1cc(C(=O)C(=O)c2cccc(O[C@@H]3O[C@H](CO)[C@@H](O)[C@H](O)[C@H]3O)c2)cc(OC)c1OC. The fourth-order valence-corrected chi connectivity index (χ4v) is 3.48. The molecule has 34 heavy (non-hydrogen) atoms. The fraction of sp³-hybridized carbons (Fsp3) is 0.391. The Bertz CT molecular complexity index is 1010. The highest BCUT2D eigenvalue weighted by Gasteiger charge is 2.44. The predicted octanol–water partition coefficient (Wildman–Crippen LogP) is -0.0433. The summed E-state index contributed by atoms with van der Waals surface area (Å²) in [5, 5.41) is 39.2. The van der Waals surface area contributed by atoms with E-state index in [1.54, 1.807) is 0 Å². The van der Waals surface area contributed by atoms with Crippen molar-refractivity contribution in [2.45, 2.75) is 30.7 Å². The van der Waals surface area contributed by atoms with Crippen molar-refractivity contribution in [3.05, 3.63) is 47.5 Å². The van der Waals surface area contributed by atoms with Crippen molar-refractivity contribution in [1.29, 1.82) is 0 Å². The number of carbonyl (C=O) groups is 2. The van der Waals surface area contributed by atoms with Crippen LogP contribution in [-0.4, -0.2) is 90.6 Å². The van der Waals surface area contributed by atoms with Crippen molar-refractivity contribution in [3.8, 4) is 23.0 Å². The summed E-state index contributed by atoms with van der Waals surface area (Å²) in [6.07, 6.45) is -7.38. The third kappa shape index (κ3) is 4.98. The van der Waals surface area contributed by atoms with Gasteiger partial charge in [0.05, 0.1) is 27.9 Å². The van der Waals surface area contributed by atoms with Gasteiger partial charge in [-0.15, -0.1) is 0 Å². The van der Waals surface area contributed by atoms with Crippen molar-refractivity contribution in [3.63, 3.8) is 0 Å². The summed E-state index contributed by atoms with van der Waals surface area (Å²) >= 11 is 0. The molecule has 1 aliphatic rings. The molecule has 1 saturated heterocycles. The summed E-state index contributed by atoms with van der Waals surface area (Å²) in [6, 6.07) is 8.28. The molecule has 0 aliphatic carbocycles. The van der Waals surface area contributed by atoms with E-state index in [2.05, 4.69) is 0 Å². The Kier molecular flexibility index (Phi) is 8.07. The number of Topliss-reactive ketones (excluding diaryl/α,β-unsaturated/α-hetero) is 2. The Morgan fingerprint density at radius 2 is 1.47 bits per heavy atom. The van der Waals surface area contributed by atoms with Crippen LogP contribution in [-0.2, 0) is 4.74 Å². The number of ketones is 2. The van der Waals surface area contributed by atoms with Crippen molar-refractivity contribution in [2.24, 2.45) is 0 Å². The van der Waals surface area contributed by atoms with Crippen LogP contribution in [0.2, 0.25) is 0 Å². The van der Waals surface area contributed by atoms with E-state index < -0.39 is 48.9 Å². The van der Waals surface area contributed by atoms with Crippen LogP contribution in [0.15, 0.2) is 36.4 Å². The Hall–Kier alpha value is -3.22. The van der Waals surface area contributed by atoms with E-state index in [4.69, 9.17) is 23.7 Å². The molecule has 0 amide bonds. The van der Waals surface area contributed by atoms with Crippen LogP contribution in [0.4, 0.5) is 0 Å². The highest BCUT2D eigenvalue weighted by atomic mass is 16.7. The number of aliphatic hydroxyl groups excluding tert-OH is 4. The topological polar surface area (TPSA) is 161 Å². The molecule has 11 nitrogen and oxygen atoms in total. The summed E-state index contributed by atoms with van der Waals surface area (Å²) in [5.74, 6) is -0.968. The van der Waals surface area contributed by atoms with Gasteiger partial charge in [-0.2, -0.15) is 0 Å². The smallest absolute Gasteiger partial charge is 0.233 e. The van der Waals surface area contributed by atoms with Crippen LogP contribution in [0.25, 0.3) is 0 Å². The third-order valence-electron chi connectivity index (χ3n) is 5.33. The molecule has 0 bridgehead atoms. The zero-order valence-electron chi connectivity index (χ0n) is 18.7. The lowest BCUT2D eigenvalue weighted by Crippen LogP contribution is -2.60. The zero-order valence-corrected chi connectivity index (χ0v) is 18.7. The van der Waals surface area contributed by atoms with Crippen LogP contribution >= 0.6 is 0 Å². The normalized spacial score (nSPS) is 24.3. The van der Waals surface area contributed by atoms with Crippen molar-refractivity contribution in [2.75, 3.05) is 27.9 Å². The number of hydrogen-bond acceptors (Lipinski definition) is 11. The molecule has 4 N–H and O–H groups in total. The average molecular weight is 478 g/mol. The molecule has 2 aromatic rings. The number of methoxy groups -OCH3 is 3. The van der Waals surface area contributed by atoms with Crippen LogP contribution in [0.5, 0.6) is 23.0 Å².